The summed E-state index contributed by atoms with van der Waals surface area (Å²) in [4.78, 5) is 32.3. The Kier molecular flexibility index (Phi) is 4.71. The lowest BCUT2D eigenvalue weighted by Gasteiger charge is -2.30. The zero-order valence-electron chi connectivity index (χ0n) is 15.6. The van der Waals surface area contributed by atoms with E-state index in [-0.39, 0.29) is 22.7 Å². The van der Waals surface area contributed by atoms with Gasteiger partial charge in [0.05, 0.1) is 10.9 Å². The van der Waals surface area contributed by atoms with Crippen LogP contribution in [0.15, 0.2) is 23.3 Å². The summed E-state index contributed by atoms with van der Waals surface area (Å²) in [6, 6.07) is 3.87. The topological polar surface area (TPSA) is 54.7 Å². The van der Waals surface area contributed by atoms with Gasteiger partial charge in [-0.3, -0.25) is 19.1 Å². The fraction of sp³-hybridized carbons (Fsp3) is 0.650. The number of pyridine rings is 1. The number of hydrogen-bond donors (Lipinski definition) is 0. The van der Waals surface area contributed by atoms with Gasteiger partial charge in [-0.25, -0.2) is 0 Å². The fourth-order valence-electron chi connectivity index (χ4n) is 4.44. The van der Waals surface area contributed by atoms with Crippen molar-refractivity contribution < 1.29 is 9.59 Å². The van der Waals surface area contributed by atoms with Crippen LogP contribution < -0.4 is 5.49 Å². The van der Waals surface area contributed by atoms with Crippen LogP contribution in [-0.4, -0.2) is 44.0 Å². The van der Waals surface area contributed by atoms with Crippen LogP contribution in [0.4, 0.5) is 0 Å². The minimum absolute atomic E-state index is 0.0222. The number of aryl methyl sites for hydroxylation is 1. The van der Waals surface area contributed by atoms with Gasteiger partial charge < -0.3 is 4.90 Å². The minimum atomic E-state index is -0.381. The van der Waals surface area contributed by atoms with E-state index < -0.39 is 0 Å². The van der Waals surface area contributed by atoms with Crippen molar-refractivity contribution in [2.75, 3.05) is 5.75 Å². The minimum Gasteiger partial charge on any atom is -0.315 e. The molecule has 2 atom stereocenters. The Hall–Kier alpha value is -1.56. The Morgan fingerprint density at radius 2 is 2.08 bits per heavy atom. The second kappa shape index (κ2) is 6.87. The molecule has 2 aliphatic heterocycles. The highest BCUT2D eigenvalue weighted by atomic mass is 32.2. The molecule has 1 saturated carbocycles. The van der Waals surface area contributed by atoms with Crippen LogP contribution in [0.5, 0.6) is 0 Å². The first-order valence-electron chi connectivity index (χ1n) is 9.71. The van der Waals surface area contributed by atoms with Crippen molar-refractivity contribution in [3.05, 3.63) is 29.4 Å². The number of thioether (sulfide) groups is 1. The van der Waals surface area contributed by atoms with Gasteiger partial charge in [0.1, 0.15) is 11.5 Å². The molecule has 26 heavy (non-hydrogen) atoms. The second-order valence-electron chi connectivity index (χ2n) is 7.96. The number of aromatic nitrogens is 1. The van der Waals surface area contributed by atoms with Gasteiger partial charge in [-0.1, -0.05) is 19.3 Å². The summed E-state index contributed by atoms with van der Waals surface area (Å²) in [5.41, 5.74) is 1.85. The van der Waals surface area contributed by atoms with E-state index in [1.165, 1.54) is 19.3 Å². The molecule has 1 aromatic rings. The Morgan fingerprint density at radius 1 is 1.31 bits per heavy atom. The van der Waals surface area contributed by atoms with Crippen LogP contribution in [0.2, 0.25) is 0 Å². The Labute approximate surface area is 158 Å². The molecular formula is C20H27N3O2S. The summed E-state index contributed by atoms with van der Waals surface area (Å²) in [6.45, 7) is 4.12. The maximum Gasteiger partial charge on any atom is 0.255 e. The Morgan fingerprint density at radius 3 is 2.85 bits per heavy atom. The first-order chi connectivity index (χ1) is 12.5. The molecular weight excluding hydrogens is 346 g/mol. The van der Waals surface area contributed by atoms with Crippen LogP contribution in [-0.2, 0) is 4.79 Å². The standard InChI is InChI=1S/C20H27N3O2S/c1-14-9-11-22(17(12-14)21-15-6-4-3-5-7-15)19(25)16-13-26-20(2)10-8-18(24)23(16)20/h9,11-12,15-16H,3-8,10,13H2,1-2H3. The number of amides is 1. The normalized spacial score (nSPS) is 30.1. The first-order valence-corrected chi connectivity index (χ1v) is 10.7. The lowest BCUT2D eigenvalue weighted by Crippen LogP contribution is -2.49. The summed E-state index contributed by atoms with van der Waals surface area (Å²) >= 11 is 1.74. The molecule has 6 heteroatoms. The Balaban J connectivity index is 1.68. The quantitative estimate of drug-likeness (QED) is 0.800. The van der Waals surface area contributed by atoms with Gasteiger partial charge in [-0.2, -0.15) is 0 Å². The van der Waals surface area contributed by atoms with Crippen LogP contribution in [0, 0.1) is 6.92 Å². The van der Waals surface area contributed by atoms with Crippen molar-refractivity contribution in [1.82, 2.24) is 9.47 Å². The third kappa shape index (κ3) is 3.13. The van der Waals surface area contributed by atoms with Gasteiger partial charge in [-0.05, 0) is 50.8 Å². The van der Waals surface area contributed by atoms with E-state index in [0.29, 0.717) is 18.2 Å². The summed E-state index contributed by atoms with van der Waals surface area (Å²) < 4.78 is 1.68. The zero-order chi connectivity index (χ0) is 18.3. The van der Waals surface area contributed by atoms with Gasteiger partial charge >= 0.3 is 0 Å². The molecule has 1 amide bonds. The second-order valence-corrected chi connectivity index (χ2v) is 9.46. The average molecular weight is 374 g/mol. The third-order valence-electron chi connectivity index (χ3n) is 5.95. The largest absolute Gasteiger partial charge is 0.315 e. The molecule has 4 rings (SSSR count). The molecule has 3 aliphatic rings. The van der Waals surface area contributed by atoms with E-state index in [0.717, 1.165) is 30.3 Å². The number of carbonyl (C=O) groups excluding carboxylic acids is 2. The van der Waals surface area contributed by atoms with Crippen molar-refractivity contribution in [2.45, 2.75) is 75.7 Å². The molecule has 3 fully saturated rings. The number of hydrogen-bond acceptors (Lipinski definition) is 4. The lowest BCUT2D eigenvalue weighted by atomic mass is 9.96. The van der Waals surface area contributed by atoms with Gasteiger partial charge in [-0.15, -0.1) is 11.8 Å². The fourth-order valence-corrected chi connectivity index (χ4v) is 5.86. The molecule has 140 valence electrons. The smallest absolute Gasteiger partial charge is 0.255 e. The molecule has 3 heterocycles. The average Bonchev–Trinajstić information content (AvgIpc) is 3.12. The van der Waals surface area contributed by atoms with E-state index in [1.54, 1.807) is 16.3 Å². The summed E-state index contributed by atoms with van der Waals surface area (Å²) in [5, 5.41) is 0. The molecule has 1 aromatic heterocycles. The predicted molar refractivity (Wildman–Crippen MR) is 103 cm³/mol. The maximum absolute atomic E-state index is 13.3. The van der Waals surface area contributed by atoms with E-state index in [2.05, 4.69) is 6.92 Å². The third-order valence-corrected chi connectivity index (χ3v) is 7.45. The lowest BCUT2D eigenvalue weighted by molar-refractivity contribution is -0.130. The predicted octanol–water partition coefficient (Wildman–Crippen LogP) is 3.12. The molecule has 0 N–H and O–H groups in total. The zero-order valence-corrected chi connectivity index (χ0v) is 16.4. The number of rotatable bonds is 2. The van der Waals surface area contributed by atoms with Crippen molar-refractivity contribution in [3.63, 3.8) is 0 Å². The van der Waals surface area contributed by atoms with Gasteiger partial charge in [0, 0.05) is 18.4 Å². The molecule has 5 nitrogen and oxygen atoms in total. The summed E-state index contributed by atoms with van der Waals surface area (Å²) in [7, 11) is 0. The van der Waals surface area contributed by atoms with Crippen LogP contribution in [0.1, 0.15) is 62.2 Å². The number of fused-ring (bicyclic) bond motifs is 1. The van der Waals surface area contributed by atoms with Gasteiger partial charge in [0.2, 0.25) is 5.91 Å². The van der Waals surface area contributed by atoms with Gasteiger partial charge in [0.15, 0.2) is 0 Å². The van der Waals surface area contributed by atoms with Crippen molar-refractivity contribution in [1.29, 1.82) is 0 Å². The first kappa shape index (κ1) is 17.8. The number of carbonyl (C=O) groups is 2. The highest BCUT2D eigenvalue weighted by Gasteiger charge is 2.53. The van der Waals surface area contributed by atoms with Crippen LogP contribution in [0.25, 0.3) is 0 Å². The summed E-state index contributed by atoms with van der Waals surface area (Å²) in [5.74, 6) is 0.755. The molecule has 0 spiro atoms. The monoisotopic (exact) mass is 373 g/mol. The van der Waals surface area contributed by atoms with E-state index >= 15 is 0 Å². The number of nitrogens with zero attached hydrogens (tertiary/aromatic N) is 3. The highest BCUT2D eigenvalue weighted by Crippen LogP contribution is 2.47. The SMILES string of the molecule is Cc1ccn(C(=O)C2CSC3(C)CCC(=O)N23)c(=NC2CCCCC2)c1. The highest BCUT2D eigenvalue weighted by molar-refractivity contribution is 8.01. The molecule has 1 aliphatic carbocycles. The van der Waals surface area contributed by atoms with Crippen molar-refractivity contribution >= 4 is 23.6 Å². The Bertz CT molecular complexity index is 796. The molecule has 2 unspecified atom stereocenters. The van der Waals surface area contributed by atoms with Crippen LogP contribution in [0.3, 0.4) is 0 Å². The molecule has 0 bridgehead atoms. The van der Waals surface area contributed by atoms with E-state index in [9.17, 15) is 9.59 Å². The molecule has 2 saturated heterocycles. The van der Waals surface area contributed by atoms with Gasteiger partial charge in [0.25, 0.3) is 5.91 Å². The van der Waals surface area contributed by atoms with E-state index in [1.807, 2.05) is 30.2 Å². The maximum atomic E-state index is 13.3. The molecule has 0 radical (unpaired) electrons. The van der Waals surface area contributed by atoms with E-state index in [4.69, 9.17) is 4.99 Å². The molecule has 0 aromatic carbocycles. The summed E-state index contributed by atoms with van der Waals surface area (Å²) in [6.07, 6.45) is 9.13. The van der Waals surface area contributed by atoms with Crippen LogP contribution >= 0.6 is 11.8 Å². The van der Waals surface area contributed by atoms with Crippen molar-refractivity contribution in [2.24, 2.45) is 4.99 Å². The van der Waals surface area contributed by atoms with Crippen molar-refractivity contribution in [3.8, 4) is 0 Å².